The van der Waals surface area contributed by atoms with E-state index in [2.05, 4.69) is 15.4 Å². The summed E-state index contributed by atoms with van der Waals surface area (Å²) in [7, 11) is 0. The molecule has 23 heavy (non-hydrogen) atoms. The monoisotopic (exact) mass is 327 g/mol. The number of rotatable bonds is 4. The topological polar surface area (TPSA) is 86.0 Å². The van der Waals surface area contributed by atoms with Gasteiger partial charge >= 0.3 is 0 Å². The predicted molar refractivity (Wildman–Crippen MR) is 87.2 cm³/mol. The lowest BCUT2D eigenvalue weighted by molar-refractivity contribution is 0.567. The van der Waals surface area contributed by atoms with Crippen LogP contribution in [0.5, 0.6) is 0 Å². The highest BCUT2D eigenvalue weighted by molar-refractivity contribution is 6.30. The SMILES string of the molecule is CC(NCc1cc(=O)n2[nH]cc(C#N)c2n1)c1ccc(Cl)cc1. The molecule has 0 bridgehead atoms. The fraction of sp³-hybridized carbons (Fsp3) is 0.188. The first-order valence-electron chi connectivity index (χ1n) is 7.07. The summed E-state index contributed by atoms with van der Waals surface area (Å²) in [5.74, 6) is 0. The summed E-state index contributed by atoms with van der Waals surface area (Å²) >= 11 is 5.88. The van der Waals surface area contributed by atoms with E-state index in [0.717, 1.165) is 5.56 Å². The van der Waals surface area contributed by atoms with Crippen LogP contribution in [0.3, 0.4) is 0 Å². The van der Waals surface area contributed by atoms with Gasteiger partial charge in [-0.05, 0) is 24.6 Å². The lowest BCUT2D eigenvalue weighted by Gasteiger charge is -2.14. The molecule has 1 atom stereocenters. The van der Waals surface area contributed by atoms with E-state index in [1.54, 1.807) is 0 Å². The quantitative estimate of drug-likeness (QED) is 0.770. The van der Waals surface area contributed by atoms with Gasteiger partial charge in [-0.1, -0.05) is 23.7 Å². The van der Waals surface area contributed by atoms with Crippen molar-refractivity contribution >= 4 is 17.2 Å². The summed E-state index contributed by atoms with van der Waals surface area (Å²) in [6.07, 6.45) is 1.47. The van der Waals surface area contributed by atoms with E-state index in [4.69, 9.17) is 16.9 Å². The number of nitriles is 1. The number of aromatic amines is 1. The van der Waals surface area contributed by atoms with Crippen molar-refractivity contribution in [1.82, 2.24) is 19.9 Å². The van der Waals surface area contributed by atoms with E-state index in [0.29, 0.717) is 28.5 Å². The number of nitrogens with zero attached hydrogens (tertiary/aromatic N) is 3. The van der Waals surface area contributed by atoms with Gasteiger partial charge in [0.15, 0.2) is 5.65 Å². The van der Waals surface area contributed by atoms with E-state index >= 15 is 0 Å². The first kappa shape index (κ1) is 15.3. The highest BCUT2D eigenvalue weighted by Gasteiger charge is 2.10. The van der Waals surface area contributed by atoms with Crippen LogP contribution < -0.4 is 10.9 Å². The number of fused-ring (bicyclic) bond motifs is 1. The Labute approximate surface area is 137 Å². The Hall–Kier alpha value is -2.62. The van der Waals surface area contributed by atoms with Crippen molar-refractivity contribution in [3.05, 3.63) is 68.7 Å². The van der Waals surface area contributed by atoms with Crippen molar-refractivity contribution in [3.8, 4) is 6.07 Å². The molecule has 0 aliphatic carbocycles. The normalized spacial score (nSPS) is 12.2. The summed E-state index contributed by atoms with van der Waals surface area (Å²) in [6, 6.07) is 11.1. The molecule has 2 N–H and O–H groups in total. The van der Waals surface area contributed by atoms with Gasteiger partial charge in [0.25, 0.3) is 5.56 Å². The third-order valence-electron chi connectivity index (χ3n) is 3.63. The molecule has 2 aromatic heterocycles. The standard InChI is InChI=1S/C16H14ClN5O/c1-10(11-2-4-13(17)5-3-11)19-9-14-6-15(23)22-16(21-14)12(7-18)8-20-22/h2-6,8,10,19-20H,9H2,1H3. The second-order valence-corrected chi connectivity index (χ2v) is 5.63. The number of nitrogens with one attached hydrogen (secondary N) is 2. The Bertz CT molecular complexity index is 936. The van der Waals surface area contributed by atoms with E-state index in [1.165, 1.54) is 16.8 Å². The van der Waals surface area contributed by atoms with Gasteiger partial charge in [0.1, 0.15) is 11.6 Å². The smallest absolute Gasteiger partial charge is 0.272 e. The van der Waals surface area contributed by atoms with Crippen molar-refractivity contribution in [2.75, 3.05) is 0 Å². The maximum Gasteiger partial charge on any atom is 0.272 e. The summed E-state index contributed by atoms with van der Waals surface area (Å²) in [6.45, 7) is 2.44. The van der Waals surface area contributed by atoms with Crippen LogP contribution >= 0.6 is 11.6 Å². The van der Waals surface area contributed by atoms with Crippen molar-refractivity contribution in [3.63, 3.8) is 0 Å². The van der Waals surface area contributed by atoms with Gasteiger partial charge in [0.05, 0.1) is 5.69 Å². The van der Waals surface area contributed by atoms with Crippen molar-refractivity contribution < 1.29 is 0 Å². The van der Waals surface area contributed by atoms with Gasteiger partial charge in [-0.15, -0.1) is 0 Å². The molecule has 116 valence electrons. The third-order valence-corrected chi connectivity index (χ3v) is 3.88. The second kappa shape index (κ2) is 6.24. The molecule has 7 heteroatoms. The van der Waals surface area contributed by atoms with Gasteiger partial charge in [0, 0.05) is 29.9 Å². The molecule has 0 aliphatic rings. The first-order chi connectivity index (χ1) is 11.1. The van der Waals surface area contributed by atoms with Crippen molar-refractivity contribution in [2.45, 2.75) is 19.5 Å². The van der Waals surface area contributed by atoms with Crippen LogP contribution in [0.1, 0.15) is 29.8 Å². The molecule has 1 unspecified atom stereocenters. The molecule has 0 amide bonds. The van der Waals surface area contributed by atoms with Crippen molar-refractivity contribution in [2.24, 2.45) is 0 Å². The van der Waals surface area contributed by atoms with E-state index in [1.807, 2.05) is 37.3 Å². The number of aromatic nitrogens is 3. The maximum atomic E-state index is 12.0. The highest BCUT2D eigenvalue weighted by Crippen LogP contribution is 2.16. The number of hydrogen-bond donors (Lipinski definition) is 2. The highest BCUT2D eigenvalue weighted by atomic mass is 35.5. The molecule has 2 heterocycles. The van der Waals surface area contributed by atoms with Gasteiger partial charge in [0.2, 0.25) is 0 Å². The Kier molecular flexibility index (Phi) is 4.15. The Morgan fingerprint density at radius 1 is 1.43 bits per heavy atom. The van der Waals surface area contributed by atoms with Gasteiger partial charge in [-0.3, -0.25) is 9.89 Å². The summed E-state index contributed by atoms with van der Waals surface area (Å²) in [5.41, 5.74) is 2.12. The zero-order valence-electron chi connectivity index (χ0n) is 12.4. The molecule has 0 spiro atoms. The van der Waals surface area contributed by atoms with E-state index < -0.39 is 0 Å². The fourth-order valence-corrected chi connectivity index (χ4v) is 2.45. The zero-order chi connectivity index (χ0) is 16.4. The Balaban J connectivity index is 1.80. The van der Waals surface area contributed by atoms with E-state index in [9.17, 15) is 4.79 Å². The predicted octanol–water partition coefficient (Wildman–Crippen LogP) is 2.40. The molecular formula is C16H14ClN5O. The second-order valence-electron chi connectivity index (χ2n) is 5.20. The molecule has 3 aromatic rings. The van der Waals surface area contributed by atoms with Gasteiger partial charge in [-0.25, -0.2) is 9.50 Å². The minimum atomic E-state index is -0.243. The largest absolute Gasteiger partial charge is 0.305 e. The fourth-order valence-electron chi connectivity index (χ4n) is 2.33. The molecule has 3 rings (SSSR count). The number of H-pyrrole nitrogens is 1. The van der Waals surface area contributed by atoms with Crippen LogP contribution in [0.4, 0.5) is 0 Å². The third kappa shape index (κ3) is 3.11. The lowest BCUT2D eigenvalue weighted by Crippen LogP contribution is -2.22. The van der Waals surface area contributed by atoms with Crippen LogP contribution in [0, 0.1) is 11.3 Å². The average molecular weight is 328 g/mol. The number of hydrogen-bond acceptors (Lipinski definition) is 4. The molecule has 0 saturated carbocycles. The molecule has 0 radical (unpaired) electrons. The van der Waals surface area contributed by atoms with Gasteiger partial charge < -0.3 is 5.32 Å². The van der Waals surface area contributed by atoms with Crippen LogP contribution in [0.15, 0.2) is 41.3 Å². The summed E-state index contributed by atoms with van der Waals surface area (Å²) in [4.78, 5) is 16.4. The number of halogens is 1. The molecule has 0 saturated heterocycles. The first-order valence-corrected chi connectivity index (χ1v) is 7.45. The lowest BCUT2D eigenvalue weighted by atomic mass is 10.1. The minimum absolute atomic E-state index is 0.0779. The van der Waals surface area contributed by atoms with Gasteiger partial charge in [-0.2, -0.15) is 5.26 Å². The Morgan fingerprint density at radius 2 is 2.17 bits per heavy atom. The zero-order valence-corrected chi connectivity index (χ0v) is 13.1. The van der Waals surface area contributed by atoms with Crippen LogP contribution in [0.2, 0.25) is 5.02 Å². The summed E-state index contributed by atoms with van der Waals surface area (Å²) < 4.78 is 1.25. The molecular weight excluding hydrogens is 314 g/mol. The van der Waals surface area contributed by atoms with E-state index in [-0.39, 0.29) is 11.6 Å². The number of benzene rings is 1. The average Bonchev–Trinajstić information content (AvgIpc) is 2.97. The summed E-state index contributed by atoms with van der Waals surface area (Å²) in [5, 5.41) is 15.8. The van der Waals surface area contributed by atoms with Crippen LogP contribution in [-0.2, 0) is 6.54 Å². The molecule has 1 aromatic carbocycles. The minimum Gasteiger partial charge on any atom is -0.305 e. The molecule has 6 nitrogen and oxygen atoms in total. The molecule has 0 fully saturated rings. The van der Waals surface area contributed by atoms with Crippen LogP contribution in [-0.4, -0.2) is 14.6 Å². The van der Waals surface area contributed by atoms with Crippen molar-refractivity contribution in [1.29, 1.82) is 5.26 Å². The molecule has 0 aliphatic heterocycles. The Morgan fingerprint density at radius 3 is 2.87 bits per heavy atom. The van der Waals surface area contributed by atoms with Crippen LogP contribution in [0.25, 0.3) is 5.65 Å². The maximum absolute atomic E-state index is 12.0.